The Morgan fingerprint density at radius 2 is 1.12 bits per heavy atom. The molecule has 0 aromatic carbocycles. The number of rotatable bonds is 27. The lowest BCUT2D eigenvalue weighted by molar-refractivity contribution is -0.147. The number of carboxylic acid groups (broad SMARTS) is 1. The highest BCUT2D eigenvalue weighted by atomic mass is 16.5. The van der Waals surface area contributed by atoms with Crippen LogP contribution in [-0.2, 0) is 19.1 Å². The number of hydrogen-bond donors (Lipinski definition) is 4. The maximum Gasteiger partial charge on any atom is 0.328 e. The van der Waals surface area contributed by atoms with Gasteiger partial charge in [-0.2, -0.15) is 0 Å². The van der Waals surface area contributed by atoms with Crippen LogP contribution in [0.1, 0.15) is 162 Å². The van der Waals surface area contributed by atoms with Crippen molar-refractivity contribution in [2.75, 3.05) is 13.2 Å². The van der Waals surface area contributed by atoms with Crippen molar-refractivity contribution in [3.8, 4) is 0 Å². The van der Waals surface area contributed by atoms with Gasteiger partial charge in [0.2, 0.25) is 5.91 Å². The third-order valence-corrected chi connectivity index (χ3v) is 6.85. The maximum atomic E-state index is 12.1. The number of esters is 1. The Labute approximate surface area is 251 Å². The number of guanidine groups is 1. The first-order valence-electron chi connectivity index (χ1n) is 16.5. The summed E-state index contributed by atoms with van der Waals surface area (Å²) in [6, 6.07) is -0.634. The van der Waals surface area contributed by atoms with Gasteiger partial charge in [-0.15, -0.1) is 0 Å². The number of carbonyl (C=O) groups excluding carboxylic acids is 2. The zero-order valence-corrected chi connectivity index (χ0v) is 26.7. The fourth-order valence-corrected chi connectivity index (χ4v) is 4.44. The van der Waals surface area contributed by atoms with E-state index < -0.39 is 18.0 Å². The zero-order valence-electron chi connectivity index (χ0n) is 26.7. The molecule has 0 aliphatic rings. The van der Waals surface area contributed by atoms with Gasteiger partial charge in [0.1, 0.15) is 6.04 Å². The number of hydrogen-bond acceptors (Lipinski definition) is 5. The summed E-state index contributed by atoms with van der Waals surface area (Å²) in [6.45, 7) is 6.91. The highest BCUT2D eigenvalue weighted by Gasteiger charge is 2.21. The topological polar surface area (TPSA) is 157 Å². The predicted octanol–water partition coefficient (Wildman–Crippen LogP) is 7.00. The van der Waals surface area contributed by atoms with Crippen molar-refractivity contribution in [3.63, 3.8) is 0 Å². The highest BCUT2D eigenvalue weighted by molar-refractivity contribution is 5.84. The minimum Gasteiger partial charge on any atom is -0.481 e. The Kier molecular flexibility index (Phi) is 32.1. The number of carbonyl (C=O) groups is 3. The molecule has 9 nitrogen and oxygen atoms in total. The molecule has 0 aromatic heterocycles. The van der Waals surface area contributed by atoms with E-state index >= 15 is 0 Å². The smallest absolute Gasteiger partial charge is 0.328 e. The molecular weight excluding hydrogens is 520 g/mol. The van der Waals surface area contributed by atoms with Crippen LogP contribution < -0.4 is 16.8 Å². The molecule has 0 bridgehead atoms. The second-order valence-corrected chi connectivity index (χ2v) is 10.9. The Balaban J connectivity index is 0. The van der Waals surface area contributed by atoms with Crippen molar-refractivity contribution in [1.29, 1.82) is 0 Å². The van der Waals surface area contributed by atoms with E-state index in [2.05, 4.69) is 24.2 Å². The van der Waals surface area contributed by atoms with Crippen LogP contribution in [0.3, 0.4) is 0 Å². The zero-order chi connectivity index (χ0) is 31.0. The van der Waals surface area contributed by atoms with Gasteiger partial charge in [0.25, 0.3) is 0 Å². The SMILES string of the molecule is CCCCCCCCCCCC(=O)NC(CCCN=C(N)N)C(=O)OCC.CCCCCCCCCCCC(=O)O. The summed E-state index contributed by atoms with van der Waals surface area (Å²) in [5.41, 5.74) is 10.6. The largest absolute Gasteiger partial charge is 0.481 e. The third-order valence-electron chi connectivity index (χ3n) is 6.85. The Hall–Kier alpha value is -2.32. The molecule has 6 N–H and O–H groups in total. The second-order valence-electron chi connectivity index (χ2n) is 10.9. The van der Waals surface area contributed by atoms with Gasteiger partial charge in [0, 0.05) is 19.4 Å². The van der Waals surface area contributed by atoms with Crippen molar-refractivity contribution < 1.29 is 24.2 Å². The van der Waals surface area contributed by atoms with E-state index in [9.17, 15) is 14.4 Å². The normalized spacial score (nSPS) is 11.2. The first-order chi connectivity index (χ1) is 19.8. The lowest BCUT2D eigenvalue weighted by Crippen LogP contribution is -2.42. The van der Waals surface area contributed by atoms with E-state index in [0.717, 1.165) is 25.7 Å². The second kappa shape index (κ2) is 32.2. The Morgan fingerprint density at radius 1 is 0.683 bits per heavy atom. The van der Waals surface area contributed by atoms with Crippen molar-refractivity contribution in [1.82, 2.24) is 5.32 Å². The van der Waals surface area contributed by atoms with Crippen LogP contribution in [0.25, 0.3) is 0 Å². The number of amides is 1. The average Bonchev–Trinajstić information content (AvgIpc) is 2.93. The molecule has 0 heterocycles. The fourth-order valence-electron chi connectivity index (χ4n) is 4.44. The average molecular weight is 585 g/mol. The van der Waals surface area contributed by atoms with Crippen LogP contribution in [0, 0.1) is 0 Å². The molecule has 0 fully saturated rings. The number of ether oxygens (including phenoxy) is 1. The number of aliphatic imine (C=N–C) groups is 1. The van der Waals surface area contributed by atoms with Crippen LogP contribution >= 0.6 is 0 Å². The molecule has 0 rings (SSSR count). The first-order valence-corrected chi connectivity index (χ1v) is 16.5. The number of unbranched alkanes of at least 4 members (excludes halogenated alkanes) is 16. The molecule has 0 aliphatic carbocycles. The minimum atomic E-state index is -0.659. The van der Waals surface area contributed by atoms with E-state index in [4.69, 9.17) is 21.3 Å². The molecular formula is C32H64N4O5. The summed E-state index contributed by atoms with van der Waals surface area (Å²) in [5.74, 6) is -1.13. The van der Waals surface area contributed by atoms with Gasteiger partial charge in [-0.3, -0.25) is 14.6 Å². The number of nitrogens with two attached hydrogens (primary N) is 2. The van der Waals surface area contributed by atoms with Crippen molar-refractivity contribution in [2.45, 2.75) is 168 Å². The summed E-state index contributed by atoms with van der Waals surface area (Å²) >= 11 is 0. The minimum absolute atomic E-state index is 0.0251. The predicted molar refractivity (Wildman–Crippen MR) is 170 cm³/mol. The fraction of sp³-hybridized carbons (Fsp3) is 0.875. The van der Waals surface area contributed by atoms with E-state index in [1.165, 1.54) is 89.9 Å². The van der Waals surface area contributed by atoms with Gasteiger partial charge in [0.15, 0.2) is 5.96 Å². The lowest BCUT2D eigenvalue weighted by Gasteiger charge is -2.17. The number of nitrogens with zero attached hydrogens (tertiary/aromatic N) is 1. The van der Waals surface area contributed by atoms with Crippen molar-refractivity contribution >= 4 is 23.8 Å². The lowest BCUT2D eigenvalue weighted by atomic mass is 10.1. The van der Waals surface area contributed by atoms with Crippen LogP contribution in [0.4, 0.5) is 0 Å². The van der Waals surface area contributed by atoms with Gasteiger partial charge in [-0.25, -0.2) is 4.79 Å². The van der Waals surface area contributed by atoms with E-state index in [1.807, 2.05) is 0 Å². The van der Waals surface area contributed by atoms with Gasteiger partial charge in [-0.05, 0) is 32.6 Å². The quantitative estimate of drug-likeness (QED) is 0.0350. The molecule has 0 radical (unpaired) electrons. The molecule has 0 aliphatic heterocycles. The summed E-state index contributed by atoms with van der Waals surface area (Å²) in [4.78, 5) is 38.2. The molecule has 0 spiro atoms. The summed E-state index contributed by atoms with van der Waals surface area (Å²) in [6.07, 6.45) is 23.8. The van der Waals surface area contributed by atoms with Crippen LogP contribution in [0.15, 0.2) is 4.99 Å². The standard InChI is InChI=1S/C20H40N4O3.C12H24O2/c1-3-5-6-7-8-9-10-11-12-15-18(25)24-17(19(26)27-4-2)14-13-16-23-20(21)22;1-2-3-4-5-6-7-8-9-10-11-12(13)14/h17H,3-16H2,1-2H3,(H,24,25)(H4,21,22,23);2-11H2,1H3,(H,13,14). The highest BCUT2D eigenvalue weighted by Crippen LogP contribution is 2.12. The molecule has 1 amide bonds. The molecule has 0 saturated carbocycles. The summed E-state index contributed by atoms with van der Waals surface area (Å²) < 4.78 is 5.04. The number of aliphatic carboxylic acids is 1. The Morgan fingerprint density at radius 3 is 1.54 bits per heavy atom. The van der Waals surface area contributed by atoms with Crippen LogP contribution in [0.5, 0.6) is 0 Å². The maximum absolute atomic E-state index is 12.1. The van der Waals surface area contributed by atoms with Crippen LogP contribution in [0.2, 0.25) is 0 Å². The molecule has 0 saturated heterocycles. The van der Waals surface area contributed by atoms with Crippen molar-refractivity contribution in [2.24, 2.45) is 16.5 Å². The molecule has 9 heteroatoms. The molecule has 242 valence electrons. The number of nitrogens with one attached hydrogen (secondary N) is 1. The number of carboxylic acids is 1. The van der Waals surface area contributed by atoms with Crippen molar-refractivity contribution in [3.05, 3.63) is 0 Å². The Bertz CT molecular complexity index is 654. The molecule has 0 aromatic rings. The van der Waals surface area contributed by atoms with Gasteiger partial charge in [-0.1, -0.05) is 117 Å². The van der Waals surface area contributed by atoms with E-state index in [0.29, 0.717) is 32.2 Å². The summed E-state index contributed by atoms with van der Waals surface area (Å²) in [7, 11) is 0. The molecule has 1 atom stereocenters. The van der Waals surface area contributed by atoms with Gasteiger partial charge in [0.05, 0.1) is 6.61 Å². The molecule has 41 heavy (non-hydrogen) atoms. The van der Waals surface area contributed by atoms with Gasteiger partial charge >= 0.3 is 11.9 Å². The molecule has 1 unspecified atom stereocenters. The summed E-state index contributed by atoms with van der Waals surface area (Å²) in [5, 5.41) is 11.2. The van der Waals surface area contributed by atoms with E-state index in [1.54, 1.807) is 6.92 Å². The van der Waals surface area contributed by atoms with Gasteiger partial charge < -0.3 is 26.6 Å². The van der Waals surface area contributed by atoms with Crippen LogP contribution in [-0.4, -0.2) is 48.1 Å². The first kappa shape index (κ1) is 40.8. The monoisotopic (exact) mass is 584 g/mol. The third kappa shape index (κ3) is 33.8. The van der Waals surface area contributed by atoms with E-state index in [-0.39, 0.29) is 18.5 Å².